The van der Waals surface area contributed by atoms with E-state index in [1.54, 1.807) is 24.3 Å². The predicted octanol–water partition coefficient (Wildman–Crippen LogP) is 3.75. The van der Waals surface area contributed by atoms with E-state index in [0.29, 0.717) is 16.8 Å². The Hall–Kier alpha value is -3.21. The first-order chi connectivity index (χ1) is 16.2. The van der Waals surface area contributed by atoms with Gasteiger partial charge in [-0.1, -0.05) is 23.7 Å². The number of nitrogens with one attached hydrogen (secondary N) is 1. The van der Waals surface area contributed by atoms with Crippen molar-refractivity contribution in [3.05, 3.63) is 82.9 Å². The van der Waals surface area contributed by atoms with E-state index in [4.69, 9.17) is 16.3 Å². The van der Waals surface area contributed by atoms with Crippen molar-refractivity contribution in [3.63, 3.8) is 0 Å². The topological polar surface area (TPSA) is 95.9 Å². The molecular weight excluding hydrogens is 490 g/mol. The average molecular weight is 509 g/mol. The molecular formula is C23H19ClF2N2O5S. The molecule has 1 aliphatic rings. The molecule has 0 aliphatic carbocycles. The monoisotopic (exact) mass is 508 g/mol. The molecule has 7 nitrogen and oxygen atoms in total. The van der Waals surface area contributed by atoms with E-state index < -0.39 is 39.3 Å². The summed E-state index contributed by atoms with van der Waals surface area (Å²) in [6.07, 6.45) is -0.813. The molecule has 0 fully saturated rings. The third-order valence-electron chi connectivity index (χ3n) is 5.14. The molecule has 3 aromatic carbocycles. The number of amides is 1. The second-order valence-electron chi connectivity index (χ2n) is 7.57. The number of sulfonamides is 1. The molecule has 3 aromatic rings. The minimum atomic E-state index is -4.35. The number of carbonyl (C=O) groups is 1. The maximum atomic E-state index is 13.7. The summed E-state index contributed by atoms with van der Waals surface area (Å²) in [4.78, 5) is 12.0. The highest BCUT2D eigenvalue weighted by atomic mass is 35.5. The summed E-state index contributed by atoms with van der Waals surface area (Å²) in [6.45, 7) is -0.740. The normalized spacial score (nSPS) is 15.4. The third kappa shape index (κ3) is 4.98. The number of aliphatic hydroxyl groups excluding tert-OH is 1. The SMILES string of the molecule is O=C(Cc1ccc(Cl)cc1)Nc1ccc2c(c1)N(S(=O)(=O)c1ccc(F)c(F)c1)C[C@@H](CO)O2. The molecule has 0 unspecified atom stereocenters. The van der Waals surface area contributed by atoms with Crippen LogP contribution in [0.3, 0.4) is 0 Å². The van der Waals surface area contributed by atoms with E-state index in [2.05, 4.69) is 5.32 Å². The fourth-order valence-electron chi connectivity index (χ4n) is 3.47. The lowest BCUT2D eigenvalue weighted by atomic mass is 10.1. The number of rotatable bonds is 6. The first-order valence-corrected chi connectivity index (χ1v) is 11.9. The fraction of sp³-hybridized carbons (Fsp3) is 0.174. The molecule has 1 amide bonds. The first kappa shape index (κ1) is 23.9. The molecule has 178 valence electrons. The van der Waals surface area contributed by atoms with E-state index in [1.165, 1.54) is 18.2 Å². The molecule has 1 heterocycles. The van der Waals surface area contributed by atoms with Gasteiger partial charge in [-0.2, -0.15) is 0 Å². The molecule has 0 spiro atoms. The van der Waals surface area contributed by atoms with Crippen molar-refractivity contribution in [3.8, 4) is 5.75 Å². The highest BCUT2D eigenvalue weighted by Crippen LogP contribution is 2.39. The number of ether oxygens (including phenoxy) is 1. The maximum Gasteiger partial charge on any atom is 0.264 e. The minimum absolute atomic E-state index is 0.0637. The van der Waals surface area contributed by atoms with E-state index in [-0.39, 0.29) is 30.3 Å². The van der Waals surface area contributed by atoms with Crippen molar-refractivity contribution in [1.82, 2.24) is 0 Å². The Balaban J connectivity index is 1.64. The van der Waals surface area contributed by atoms with Gasteiger partial charge in [0.15, 0.2) is 11.6 Å². The summed E-state index contributed by atoms with van der Waals surface area (Å²) >= 11 is 5.86. The third-order valence-corrected chi connectivity index (χ3v) is 7.16. The van der Waals surface area contributed by atoms with Crippen molar-refractivity contribution in [1.29, 1.82) is 0 Å². The molecule has 1 atom stereocenters. The van der Waals surface area contributed by atoms with Gasteiger partial charge in [0.25, 0.3) is 10.0 Å². The lowest BCUT2D eigenvalue weighted by molar-refractivity contribution is -0.115. The van der Waals surface area contributed by atoms with Crippen LogP contribution in [0, 0.1) is 11.6 Å². The Morgan fingerprint density at radius 3 is 2.50 bits per heavy atom. The van der Waals surface area contributed by atoms with Gasteiger partial charge in [-0.15, -0.1) is 0 Å². The number of nitrogens with zero attached hydrogens (tertiary/aromatic N) is 1. The number of benzene rings is 3. The zero-order valence-electron chi connectivity index (χ0n) is 17.5. The van der Waals surface area contributed by atoms with Crippen LogP contribution in [-0.4, -0.2) is 38.7 Å². The van der Waals surface area contributed by atoms with Crippen LogP contribution in [-0.2, 0) is 21.2 Å². The standard InChI is InChI=1S/C23H19ClF2N2O5S/c24-15-3-1-14(2-4-15)9-23(30)27-16-5-8-22-21(10-16)28(12-17(13-29)33-22)34(31,32)18-6-7-19(25)20(26)11-18/h1-8,10-11,17,29H,9,12-13H2,(H,27,30)/t17-/m0/s1. The molecule has 0 bridgehead atoms. The number of carbonyl (C=O) groups excluding carboxylic acids is 1. The van der Waals surface area contributed by atoms with Crippen LogP contribution in [0.15, 0.2) is 65.6 Å². The number of anilines is 2. The Morgan fingerprint density at radius 1 is 1.09 bits per heavy atom. The van der Waals surface area contributed by atoms with Crippen molar-refractivity contribution in [2.24, 2.45) is 0 Å². The average Bonchev–Trinajstić information content (AvgIpc) is 2.81. The van der Waals surface area contributed by atoms with Crippen LogP contribution >= 0.6 is 11.6 Å². The quantitative estimate of drug-likeness (QED) is 0.529. The molecule has 11 heteroatoms. The van der Waals surface area contributed by atoms with Crippen LogP contribution in [0.2, 0.25) is 5.02 Å². The smallest absolute Gasteiger partial charge is 0.264 e. The molecule has 0 saturated heterocycles. The number of aliphatic hydroxyl groups is 1. The van der Waals surface area contributed by atoms with E-state index in [9.17, 15) is 27.1 Å². The van der Waals surface area contributed by atoms with Gasteiger partial charge in [0.1, 0.15) is 11.9 Å². The van der Waals surface area contributed by atoms with E-state index in [0.717, 1.165) is 22.0 Å². The van der Waals surface area contributed by atoms with Crippen LogP contribution in [0.5, 0.6) is 5.75 Å². The molecule has 2 N–H and O–H groups in total. The van der Waals surface area contributed by atoms with Crippen molar-refractivity contribution < 1.29 is 31.8 Å². The van der Waals surface area contributed by atoms with Gasteiger partial charge >= 0.3 is 0 Å². The fourth-order valence-corrected chi connectivity index (χ4v) is 5.11. The summed E-state index contributed by atoms with van der Waals surface area (Å²) < 4.78 is 60.2. The van der Waals surface area contributed by atoms with Crippen molar-refractivity contribution >= 4 is 38.9 Å². The molecule has 4 rings (SSSR count). The van der Waals surface area contributed by atoms with Crippen LogP contribution < -0.4 is 14.4 Å². The number of halogens is 3. The minimum Gasteiger partial charge on any atom is -0.484 e. The highest BCUT2D eigenvalue weighted by Gasteiger charge is 2.35. The second kappa shape index (κ2) is 9.57. The Kier molecular flexibility index (Phi) is 6.74. The zero-order valence-corrected chi connectivity index (χ0v) is 19.1. The first-order valence-electron chi connectivity index (χ1n) is 10.1. The van der Waals surface area contributed by atoms with Gasteiger partial charge in [0.2, 0.25) is 5.91 Å². The Bertz CT molecular complexity index is 1340. The van der Waals surface area contributed by atoms with Gasteiger partial charge < -0.3 is 15.2 Å². The number of fused-ring (bicyclic) bond motifs is 1. The van der Waals surface area contributed by atoms with E-state index in [1.807, 2.05) is 0 Å². The zero-order chi connectivity index (χ0) is 24.5. The summed E-state index contributed by atoms with van der Waals surface area (Å²) in [7, 11) is -4.35. The Morgan fingerprint density at radius 2 is 1.82 bits per heavy atom. The van der Waals surface area contributed by atoms with Gasteiger partial charge in [-0.05, 0) is 54.1 Å². The summed E-state index contributed by atoms with van der Waals surface area (Å²) in [5.74, 6) is -2.69. The number of hydrogen-bond acceptors (Lipinski definition) is 5. The second-order valence-corrected chi connectivity index (χ2v) is 9.87. The Labute approximate surface area is 199 Å². The summed E-state index contributed by atoms with van der Waals surface area (Å²) in [5.41, 5.74) is 1.12. The lowest BCUT2D eigenvalue weighted by Crippen LogP contribution is -2.45. The lowest BCUT2D eigenvalue weighted by Gasteiger charge is -2.35. The van der Waals surface area contributed by atoms with Gasteiger partial charge in [-0.25, -0.2) is 17.2 Å². The predicted molar refractivity (Wildman–Crippen MR) is 123 cm³/mol. The summed E-state index contributed by atoms with van der Waals surface area (Å²) in [5, 5.41) is 12.8. The van der Waals surface area contributed by atoms with Gasteiger partial charge in [-0.3, -0.25) is 9.10 Å². The van der Waals surface area contributed by atoms with Crippen LogP contribution in [0.4, 0.5) is 20.2 Å². The van der Waals surface area contributed by atoms with Crippen LogP contribution in [0.1, 0.15) is 5.56 Å². The van der Waals surface area contributed by atoms with Crippen molar-refractivity contribution in [2.45, 2.75) is 17.4 Å². The molecule has 0 radical (unpaired) electrons. The summed E-state index contributed by atoms with van der Waals surface area (Å²) in [6, 6.07) is 13.4. The molecule has 0 saturated carbocycles. The molecule has 34 heavy (non-hydrogen) atoms. The van der Waals surface area contributed by atoms with Crippen molar-refractivity contribution in [2.75, 3.05) is 22.8 Å². The maximum absolute atomic E-state index is 13.7. The molecule has 1 aliphatic heterocycles. The van der Waals surface area contributed by atoms with Crippen LogP contribution in [0.25, 0.3) is 0 Å². The van der Waals surface area contributed by atoms with Gasteiger partial charge in [0, 0.05) is 10.7 Å². The van der Waals surface area contributed by atoms with Gasteiger partial charge in [0.05, 0.1) is 30.2 Å². The van der Waals surface area contributed by atoms with E-state index >= 15 is 0 Å². The largest absolute Gasteiger partial charge is 0.484 e. The highest BCUT2D eigenvalue weighted by molar-refractivity contribution is 7.92. The molecule has 0 aromatic heterocycles. The number of hydrogen-bond donors (Lipinski definition) is 2.